The van der Waals surface area contributed by atoms with E-state index in [0.29, 0.717) is 35.9 Å². The molecule has 0 spiro atoms. The summed E-state index contributed by atoms with van der Waals surface area (Å²) in [6.45, 7) is 4.03. The van der Waals surface area contributed by atoms with E-state index < -0.39 is 0 Å². The lowest BCUT2D eigenvalue weighted by Crippen LogP contribution is -2.44. The normalized spacial score (nSPS) is 16.6. The highest BCUT2D eigenvalue weighted by atomic mass is 35.5. The second-order valence-corrected chi connectivity index (χ2v) is 7.71. The van der Waals surface area contributed by atoms with Gasteiger partial charge < -0.3 is 9.64 Å². The zero-order valence-electron chi connectivity index (χ0n) is 16.7. The van der Waals surface area contributed by atoms with Crippen molar-refractivity contribution in [1.82, 2.24) is 9.89 Å². The Morgan fingerprint density at radius 3 is 2.67 bits per heavy atom. The molecule has 3 aromatic rings. The van der Waals surface area contributed by atoms with Gasteiger partial charge in [0.15, 0.2) is 5.82 Å². The largest absolute Gasteiger partial charge is 0.375 e. The Bertz CT molecular complexity index is 1110. The van der Waals surface area contributed by atoms with Crippen molar-refractivity contribution in [2.45, 2.75) is 25.9 Å². The van der Waals surface area contributed by atoms with Crippen LogP contribution in [0.3, 0.4) is 0 Å². The van der Waals surface area contributed by atoms with Crippen LogP contribution in [0, 0.1) is 0 Å². The van der Waals surface area contributed by atoms with Gasteiger partial charge in [-0.3, -0.25) is 9.59 Å². The van der Waals surface area contributed by atoms with Crippen molar-refractivity contribution in [3.8, 4) is 0 Å². The van der Waals surface area contributed by atoms with Crippen LogP contribution < -0.4 is 15.9 Å². The molecule has 2 heterocycles. The van der Waals surface area contributed by atoms with E-state index in [1.54, 1.807) is 30.3 Å². The monoisotopic (exact) mass is 426 g/mol. The Labute approximate surface area is 179 Å². The summed E-state index contributed by atoms with van der Waals surface area (Å²) in [6.07, 6.45) is 1.12. The highest BCUT2D eigenvalue weighted by Gasteiger charge is 2.23. The van der Waals surface area contributed by atoms with Crippen molar-refractivity contribution in [3.63, 3.8) is 0 Å². The molecule has 1 amide bonds. The van der Waals surface area contributed by atoms with Gasteiger partial charge in [0.2, 0.25) is 5.91 Å². The lowest BCUT2D eigenvalue weighted by molar-refractivity contribution is -0.116. The number of rotatable bonds is 5. The van der Waals surface area contributed by atoms with E-state index in [4.69, 9.17) is 16.3 Å². The number of hydrogen-bond donors (Lipinski definition) is 1. The first-order chi connectivity index (χ1) is 14.5. The zero-order valence-corrected chi connectivity index (χ0v) is 17.4. The fraction of sp³-hybridized carbons (Fsp3) is 0.318. The molecule has 1 aliphatic heterocycles. The fourth-order valence-electron chi connectivity index (χ4n) is 3.59. The molecule has 1 aliphatic rings. The smallest absolute Gasteiger partial charge is 0.294 e. The summed E-state index contributed by atoms with van der Waals surface area (Å²) in [6, 6.07) is 14.3. The van der Waals surface area contributed by atoms with Gasteiger partial charge in [0.1, 0.15) is 0 Å². The molecule has 0 radical (unpaired) electrons. The first kappa shape index (κ1) is 20.4. The maximum atomic E-state index is 12.9. The number of ether oxygens (including phenoxy) is 1. The van der Waals surface area contributed by atoms with Crippen molar-refractivity contribution < 1.29 is 9.53 Å². The van der Waals surface area contributed by atoms with Crippen LogP contribution in [0.15, 0.2) is 53.3 Å². The average molecular weight is 427 g/mol. The van der Waals surface area contributed by atoms with Gasteiger partial charge in [-0.2, -0.15) is 0 Å². The molecule has 1 saturated heterocycles. The van der Waals surface area contributed by atoms with Gasteiger partial charge in [0.25, 0.3) is 5.56 Å². The number of aromatic nitrogens is 2. The number of fused-ring (bicyclic) bond motifs is 1. The van der Waals surface area contributed by atoms with Crippen molar-refractivity contribution in [1.29, 1.82) is 0 Å². The van der Waals surface area contributed by atoms with Crippen LogP contribution in [0.4, 0.5) is 5.82 Å². The topological polar surface area (TPSA) is 76.5 Å². The van der Waals surface area contributed by atoms with E-state index in [0.717, 1.165) is 22.2 Å². The summed E-state index contributed by atoms with van der Waals surface area (Å²) >= 11 is 5.90. The molecular weight excluding hydrogens is 404 g/mol. The quantitative estimate of drug-likeness (QED) is 0.678. The molecule has 1 atom stereocenters. The minimum absolute atomic E-state index is 0.110. The first-order valence-electron chi connectivity index (χ1n) is 9.98. The third-order valence-corrected chi connectivity index (χ3v) is 5.44. The van der Waals surface area contributed by atoms with Crippen LogP contribution in [-0.4, -0.2) is 41.6 Å². The number of carbonyl (C=O) groups is 1. The Hall–Kier alpha value is -2.90. The molecule has 0 saturated carbocycles. The van der Waals surface area contributed by atoms with E-state index in [9.17, 15) is 9.59 Å². The summed E-state index contributed by atoms with van der Waals surface area (Å²) in [4.78, 5) is 28.7. The average Bonchev–Trinajstić information content (AvgIpc) is 2.77. The van der Waals surface area contributed by atoms with Gasteiger partial charge in [-0.15, -0.1) is 9.89 Å². The van der Waals surface area contributed by atoms with Gasteiger partial charge in [0, 0.05) is 23.5 Å². The standard InChI is InChI=1S/C22H23ClN4O3/c1-2-17-14-26(11-12-30-17)21-18-5-3-4-6-19(18)22(29)27(25-21)24-20(28)13-15-7-9-16(23)10-8-15/h3-10,17H,2,11-14H2,1H3,(H,24,28). The molecule has 1 fully saturated rings. The van der Waals surface area contributed by atoms with Gasteiger partial charge in [-0.05, 0) is 30.2 Å². The van der Waals surface area contributed by atoms with Crippen LogP contribution in [0.5, 0.6) is 0 Å². The SMILES string of the molecule is CCC1CN(c2nn(NC(=O)Cc3ccc(Cl)cc3)c(=O)c3ccccc23)CCO1. The molecule has 0 aliphatic carbocycles. The van der Waals surface area contributed by atoms with Crippen molar-refractivity contribution in [2.24, 2.45) is 0 Å². The summed E-state index contributed by atoms with van der Waals surface area (Å²) in [5.41, 5.74) is 3.07. The third-order valence-electron chi connectivity index (χ3n) is 5.19. The van der Waals surface area contributed by atoms with Gasteiger partial charge in [0.05, 0.1) is 24.5 Å². The van der Waals surface area contributed by atoms with Crippen molar-refractivity contribution in [3.05, 3.63) is 69.5 Å². The number of anilines is 1. The maximum absolute atomic E-state index is 12.9. The summed E-state index contributed by atoms with van der Waals surface area (Å²) < 4.78 is 5.77. The Kier molecular flexibility index (Phi) is 6.01. The number of hydrogen-bond acceptors (Lipinski definition) is 5. The molecule has 2 aromatic carbocycles. The number of amides is 1. The number of nitrogens with one attached hydrogen (secondary N) is 1. The predicted molar refractivity (Wildman–Crippen MR) is 118 cm³/mol. The Balaban J connectivity index is 1.66. The van der Waals surface area contributed by atoms with E-state index in [1.807, 2.05) is 18.2 Å². The lowest BCUT2D eigenvalue weighted by atomic mass is 10.1. The zero-order chi connectivity index (χ0) is 21.1. The highest BCUT2D eigenvalue weighted by Crippen LogP contribution is 2.24. The van der Waals surface area contributed by atoms with Gasteiger partial charge in [-0.1, -0.05) is 48.9 Å². The molecule has 4 rings (SSSR count). The molecule has 8 heteroatoms. The maximum Gasteiger partial charge on any atom is 0.294 e. The number of carbonyl (C=O) groups excluding carboxylic acids is 1. The van der Waals surface area contributed by atoms with Crippen LogP contribution in [0.25, 0.3) is 10.8 Å². The molecular formula is C22H23ClN4O3. The second-order valence-electron chi connectivity index (χ2n) is 7.27. The number of benzene rings is 2. The highest BCUT2D eigenvalue weighted by molar-refractivity contribution is 6.30. The molecule has 1 aromatic heterocycles. The Morgan fingerprint density at radius 1 is 1.20 bits per heavy atom. The van der Waals surface area contributed by atoms with Crippen LogP contribution in [0.2, 0.25) is 5.02 Å². The molecule has 1 N–H and O–H groups in total. The first-order valence-corrected chi connectivity index (χ1v) is 10.4. The second kappa shape index (κ2) is 8.85. The summed E-state index contributed by atoms with van der Waals surface area (Å²) in [7, 11) is 0. The number of nitrogens with zero attached hydrogens (tertiary/aromatic N) is 3. The molecule has 0 bridgehead atoms. The van der Waals surface area contributed by atoms with Crippen molar-refractivity contribution >= 4 is 34.1 Å². The van der Waals surface area contributed by atoms with E-state index >= 15 is 0 Å². The van der Waals surface area contributed by atoms with Gasteiger partial charge in [-0.25, -0.2) is 5.43 Å². The van der Waals surface area contributed by atoms with E-state index in [1.165, 1.54) is 0 Å². The van der Waals surface area contributed by atoms with Crippen molar-refractivity contribution in [2.75, 3.05) is 30.0 Å². The summed E-state index contributed by atoms with van der Waals surface area (Å²) in [5, 5.41) is 6.39. The number of halogens is 1. The lowest BCUT2D eigenvalue weighted by Gasteiger charge is -2.34. The molecule has 156 valence electrons. The summed E-state index contributed by atoms with van der Waals surface area (Å²) in [5.74, 6) is 0.334. The number of morpholine rings is 1. The van der Waals surface area contributed by atoms with Crippen LogP contribution in [-0.2, 0) is 16.0 Å². The molecule has 1 unspecified atom stereocenters. The minimum Gasteiger partial charge on any atom is -0.375 e. The third kappa shape index (κ3) is 4.32. The molecule has 30 heavy (non-hydrogen) atoms. The predicted octanol–water partition coefficient (Wildman–Crippen LogP) is 2.98. The van der Waals surface area contributed by atoms with Crippen LogP contribution >= 0.6 is 11.6 Å². The molecule has 7 nitrogen and oxygen atoms in total. The van der Waals surface area contributed by atoms with E-state index in [2.05, 4.69) is 22.3 Å². The fourth-order valence-corrected chi connectivity index (χ4v) is 3.71. The van der Waals surface area contributed by atoms with Crippen LogP contribution in [0.1, 0.15) is 18.9 Å². The Morgan fingerprint density at radius 2 is 1.93 bits per heavy atom. The minimum atomic E-state index is -0.362. The van der Waals surface area contributed by atoms with Gasteiger partial charge >= 0.3 is 0 Å². The van der Waals surface area contributed by atoms with E-state index in [-0.39, 0.29) is 24.0 Å².